The van der Waals surface area contributed by atoms with Crippen LogP contribution >= 0.6 is 11.6 Å². The molecule has 0 aliphatic carbocycles. The largest absolute Gasteiger partial charge is 0.250 e. The third-order valence-electron chi connectivity index (χ3n) is 1.52. The molecule has 72 valence electrons. The maximum atomic E-state index is 11.8. The van der Waals surface area contributed by atoms with Gasteiger partial charge >= 0.3 is 0 Å². The second-order valence-corrected chi connectivity index (χ2v) is 5.01. The van der Waals surface area contributed by atoms with Crippen LogP contribution in [0, 0.1) is 0 Å². The molecule has 5 heteroatoms. The monoisotopic (exact) mass is 222 g/mol. The van der Waals surface area contributed by atoms with Crippen molar-refractivity contribution in [2.45, 2.75) is 4.90 Å². The Hall–Kier alpha value is -0.610. The van der Waals surface area contributed by atoms with Crippen molar-refractivity contribution in [3.05, 3.63) is 29.3 Å². The first-order valence-electron chi connectivity index (χ1n) is 3.60. The second kappa shape index (κ2) is 4.07. The first kappa shape index (κ1) is 10.5. The van der Waals surface area contributed by atoms with Crippen LogP contribution in [0.5, 0.6) is 0 Å². The topological polar surface area (TPSA) is 34.1 Å². The summed E-state index contributed by atoms with van der Waals surface area (Å²) in [6, 6.07) is 5.67. The molecule has 0 aliphatic heterocycles. The molecule has 1 aromatic rings. The highest BCUT2D eigenvalue weighted by Crippen LogP contribution is 2.15. The zero-order valence-corrected chi connectivity index (χ0v) is 8.28. The van der Waals surface area contributed by atoms with Gasteiger partial charge in [0.1, 0.15) is 6.67 Å². The summed E-state index contributed by atoms with van der Waals surface area (Å²) in [5, 5.41) is 0.458. The van der Waals surface area contributed by atoms with E-state index >= 15 is 0 Å². The van der Waals surface area contributed by atoms with Gasteiger partial charge in [0, 0.05) is 5.02 Å². The summed E-state index contributed by atoms with van der Waals surface area (Å²) in [7, 11) is -3.46. The Morgan fingerprint density at radius 1 is 1.23 bits per heavy atom. The predicted molar refractivity (Wildman–Crippen MR) is 49.5 cm³/mol. The van der Waals surface area contributed by atoms with Gasteiger partial charge in [-0.3, -0.25) is 0 Å². The van der Waals surface area contributed by atoms with E-state index in [0.717, 1.165) is 0 Å². The summed E-state index contributed by atoms with van der Waals surface area (Å²) in [4.78, 5) is 0.106. The van der Waals surface area contributed by atoms with Crippen LogP contribution in [-0.2, 0) is 9.84 Å². The summed E-state index contributed by atoms with van der Waals surface area (Å²) < 4.78 is 34.4. The van der Waals surface area contributed by atoms with E-state index < -0.39 is 22.3 Å². The highest BCUT2D eigenvalue weighted by Gasteiger charge is 2.12. The van der Waals surface area contributed by atoms with E-state index in [4.69, 9.17) is 11.6 Å². The molecule has 0 spiro atoms. The molecule has 13 heavy (non-hydrogen) atoms. The lowest BCUT2D eigenvalue weighted by atomic mass is 10.4. The van der Waals surface area contributed by atoms with E-state index in [1.807, 2.05) is 0 Å². The normalized spacial score (nSPS) is 11.5. The predicted octanol–water partition coefficient (Wildman–Crippen LogP) is 2.08. The SMILES string of the molecule is O=S(=O)(CCF)c1ccc(Cl)cc1. The molecule has 0 unspecified atom stereocenters. The molecule has 0 N–H and O–H groups in total. The minimum absolute atomic E-state index is 0.106. The number of hydrogen-bond donors (Lipinski definition) is 0. The van der Waals surface area contributed by atoms with Crippen LogP contribution in [0.2, 0.25) is 5.02 Å². The van der Waals surface area contributed by atoms with Crippen molar-refractivity contribution in [3.8, 4) is 0 Å². The highest BCUT2D eigenvalue weighted by molar-refractivity contribution is 7.91. The summed E-state index contributed by atoms with van der Waals surface area (Å²) >= 11 is 5.57. The quantitative estimate of drug-likeness (QED) is 0.785. The van der Waals surface area contributed by atoms with E-state index in [-0.39, 0.29) is 4.90 Å². The number of hydrogen-bond acceptors (Lipinski definition) is 2. The Morgan fingerprint density at radius 3 is 2.23 bits per heavy atom. The number of rotatable bonds is 3. The Bertz CT molecular complexity index is 372. The van der Waals surface area contributed by atoms with E-state index in [2.05, 4.69) is 0 Å². The standard InChI is InChI=1S/C8H8ClFO2S/c9-7-1-3-8(4-2-7)13(11,12)6-5-10/h1-4H,5-6H2. The molecule has 2 nitrogen and oxygen atoms in total. The molecule has 0 atom stereocenters. The Morgan fingerprint density at radius 2 is 1.77 bits per heavy atom. The molecule has 0 amide bonds. The molecule has 0 radical (unpaired) electrons. The molecule has 0 aliphatic rings. The lowest BCUT2D eigenvalue weighted by molar-refractivity contribution is 0.517. The van der Waals surface area contributed by atoms with Crippen molar-refractivity contribution >= 4 is 21.4 Å². The molecular weight excluding hydrogens is 215 g/mol. The van der Waals surface area contributed by atoms with Crippen molar-refractivity contribution in [3.63, 3.8) is 0 Å². The molecule has 1 aromatic carbocycles. The molecule has 0 heterocycles. The lowest BCUT2D eigenvalue weighted by Crippen LogP contribution is -2.07. The third-order valence-corrected chi connectivity index (χ3v) is 3.45. The van der Waals surface area contributed by atoms with Gasteiger partial charge in [-0.1, -0.05) is 11.6 Å². The van der Waals surface area contributed by atoms with Gasteiger partial charge in [-0.2, -0.15) is 0 Å². The van der Waals surface area contributed by atoms with Crippen molar-refractivity contribution in [2.24, 2.45) is 0 Å². The average Bonchev–Trinajstić information content (AvgIpc) is 2.05. The minimum Gasteiger partial charge on any atom is -0.250 e. The molecule has 0 fully saturated rings. The van der Waals surface area contributed by atoms with Gasteiger partial charge in [0.2, 0.25) is 0 Å². The van der Waals surface area contributed by atoms with Crippen molar-refractivity contribution in [1.82, 2.24) is 0 Å². The van der Waals surface area contributed by atoms with Gasteiger partial charge in [0.05, 0.1) is 10.6 Å². The molecule has 0 saturated heterocycles. The van der Waals surface area contributed by atoms with Gasteiger partial charge < -0.3 is 0 Å². The van der Waals surface area contributed by atoms with Crippen LogP contribution in [0.25, 0.3) is 0 Å². The zero-order valence-electron chi connectivity index (χ0n) is 6.70. The van der Waals surface area contributed by atoms with E-state index in [9.17, 15) is 12.8 Å². The fraction of sp³-hybridized carbons (Fsp3) is 0.250. The van der Waals surface area contributed by atoms with Crippen LogP contribution < -0.4 is 0 Å². The third kappa shape index (κ3) is 2.67. The van der Waals surface area contributed by atoms with Crippen LogP contribution in [0.15, 0.2) is 29.2 Å². The highest BCUT2D eigenvalue weighted by atomic mass is 35.5. The molecule has 0 aromatic heterocycles. The van der Waals surface area contributed by atoms with E-state index in [1.54, 1.807) is 0 Å². The summed E-state index contributed by atoms with van der Waals surface area (Å²) in [5.41, 5.74) is 0. The van der Waals surface area contributed by atoms with Gasteiger partial charge in [0.15, 0.2) is 9.84 Å². The maximum absolute atomic E-state index is 11.8. The second-order valence-electron chi connectivity index (χ2n) is 2.46. The summed E-state index contributed by atoms with van der Waals surface area (Å²) in [6.45, 7) is -0.870. The Labute approximate surface area is 81.3 Å². The maximum Gasteiger partial charge on any atom is 0.180 e. The minimum atomic E-state index is -3.46. The van der Waals surface area contributed by atoms with Crippen LogP contribution in [0.1, 0.15) is 0 Å². The Balaban J connectivity index is 3.02. The van der Waals surface area contributed by atoms with Crippen LogP contribution in [0.3, 0.4) is 0 Å². The van der Waals surface area contributed by atoms with Gasteiger partial charge in [-0.15, -0.1) is 0 Å². The van der Waals surface area contributed by atoms with Crippen LogP contribution in [0.4, 0.5) is 4.39 Å². The number of halogens is 2. The number of sulfone groups is 1. The van der Waals surface area contributed by atoms with Crippen molar-refractivity contribution in [2.75, 3.05) is 12.4 Å². The average molecular weight is 223 g/mol. The van der Waals surface area contributed by atoms with Crippen molar-refractivity contribution in [1.29, 1.82) is 0 Å². The summed E-state index contributed by atoms with van der Waals surface area (Å²) in [5.74, 6) is -0.478. The molecule has 0 saturated carbocycles. The molecule has 0 bridgehead atoms. The lowest BCUT2D eigenvalue weighted by Gasteiger charge is -2.00. The first-order valence-corrected chi connectivity index (χ1v) is 5.63. The fourth-order valence-electron chi connectivity index (χ4n) is 0.861. The molecule has 1 rings (SSSR count). The fourth-order valence-corrected chi connectivity index (χ4v) is 1.98. The smallest absolute Gasteiger partial charge is 0.180 e. The van der Waals surface area contributed by atoms with Crippen molar-refractivity contribution < 1.29 is 12.8 Å². The van der Waals surface area contributed by atoms with Gasteiger partial charge in [0.25, 0.3) is 0 Å². The Kier molecular flexibility index (Phi) is 3.27. The zero-order chi connectivity index (χ0) is 9.90. The number of alkyl halides is 1. The molecular formula is C8H8ClFO2S. The van der Waals surface area contributed by atoms with E-state index in [1.165, 1.54) is 24.3 Å². The van der Waals surface area contributed by atoms with Gasteiger partial charge in [-0.05, 0) is 24.3 Å². The van der Waals surface area contributed by atoms with Crippen LogP contribution in [-0.4, -0.2) is 20.8 Å². The van der Waals surface area contributed by atoms with Gasteiger partial charge in [-0.25, -0.2) is 12.8 Å². The first-order chi connectivity index (χ1) is 6.06. The number of benzene rings is 1. The summed E-state index contributed by atoms with van der Waals surface area (Å²) in [6.07, 6.45) is 0. The van der Waals surface area contributed by atoms with E-state index in [0.29, 0.717) is 5.02 Å².